The number of nitrogens with zero attached hydrogens (tertiary/aromatic N) is 5. The quantitative estimate of drug-likeness (QED) is 0.0327. The number of carboxylic acids is 1. The fraction of sp³-hybridized carbons (Fsp3) is 0.600. The van der Waals surface area contributed by atoms with E-state index >= 15 is 0 Å². The molecule has 7 aliphatic rings. The number of likely N-dealkylation sites (tertiary alicyclic amines) is 1. The number of likely N-dealkylation sites (N-methyl/N-ethyl adjacent to an activating group) is 1. The van der Waals surface area contributed by atoms with Gasteiger partial charge >= 0.3 is 12.1 Å². The number of nitrogens with two attached hydrogens (primary N) is 1. The summed E-state index contributed by atoms with van der Waals surface area (Å²) in [5.41, 5.74) is 10.7. The molecule has 3 heterocycles. The van der Waals surface area contributed by atoms with Crippen LogP contribution in [0.15, 0.2) is 65.4 Å². The average molecular weight is 1040 g/mol. The molecule has 9 rings (SSSR count). The molecule has 2 amide bonds. The van der Waals surface area contributed by atoms with E-state index < -0.39 is 23.1 Å². The second kappa shape index (κ2) is 23.3. The summed E-state index contributed by atoms with van der Waals surface area (Å²) in [4.78, 5) is 66.3. The van der Waals surface area contributed by atoms with Crippen LogP contribution in [0, 0.1) is 22.2 Å². The molecule has 4 bridgehead atoms. The minimum atomic E-state index is -1.98. The molecule has 5 unspecified atom stereocenters. The van der Waals surface area contributed by atoms with Crippen molar-refractivity contribution >= 4 is 52.4 Å². The Morgan fingerprint density at radius 2 is 1.84 bits per heavy atom. The van der Waals surface area contributed by atoms with Crippen LogP contribution in [0.25, 0.3) is 5.57 Å². The second-order valence-electron chi connectivity index (χ2n) is 22.6. The lowest BCUT2D eigenvalue weighted by atomic mass is 9.39. The predicted octanol–water partition coefficient (Wildman–Crippen LogP) is 5.56. The zero-order chi connectivity index (χ0) is 52.8. The molecule has 4 saturated carbocycles. The van der Waals surface area contributed by atoms with Gasteiger partial charge in [0.25, 0.3) is 0 Å². The van der Waals surface area contributed by atoms with Crippen LogP contribution < -0.4 is 26.6 Å². The van der Waals surface area contributed by atoms with Gasteiger partial charge in [-0.3, -0.25) is 19.5 Å². The monoisotopic (exact) mass is 1040 g/mol. The van der Waals surface area contributed by atoms with Gasteiger partial charge < -0.3 is 50.6 Å². The lowest BCUT2D eigenvalue weighted by Gasteiger charge is -2.69. The first-order valence-corrected chi connectivity index (χ1v) is 27.6. The molecule has 5 aliphatic carbocycles. The second-order valence-corrected chi connectivity index (χ2v) is 23.7. The first kappa shape index (κ1) is 54.9. The number of carboxylic acid groups (broad SMARTS) is 1. The fourth-order valence-electron chi connectivity index (χ4n) is 14.0. The van der Waals surface area contributed by atoms with Crippen LogP contribution in [-0.2, 0) is 38.3 Å². The summed E-state index contributed by atoms with van der Waals surface area (Å²) in [6.45, 7) is 11.6. The molecular weight excluding hydrogens is 963 g/mol. The summed E-state index contributed by atoms with van der Waals surface area (Å²) in [5, 5.41) is 19.7. The summed E-state index contributed by atoms with van der Waals surface area (Å²) < 4.78 is 34.5. The van der Waals surface area contributed by atoms with Crippen LogP contribution in [0.2, 0.25) is 0 Å². The lowest BCUT2D eigenvalue weighted by molar-refractivity contribution is -0.243. The number of aliphatic imine (C=N–C) groups is 1. The summed E-state index contributed by atoms with van der Waals surface area (Å²) in [6.07, 6.45) is 16.4. The molecule has 2 aromatic rings. The minimum absolute atomic E-state index is 0.00941. The van der Waals surface area contributed by atoms with Gasteiger partial charge in [-0.05, 0) is 137 Å². The van der Waals surface area contributed by atoms with Crippen molar-refractivity contribution in [3.05, 3.63) is 88.4 Å². The number of aromatic carboxylic acids is 1. The largest absolute Gasteiger partial charge is 0.476 e. The molecule has 1 aromatic carbocycles. The molecule has 0 spiro atoms. The van der Waals surface area contributed by atoms with Crippen LogP contribution in [0.3, 0.4) is 0 Å². The maximum absolute atomic E-state index is 13.2. The number of nitrogens with one attached hydrogen (secondary N) is 3. The van der Waals surface area contributed by atoms with Gasteiger partial charge in [0, 0.05) is 92.1 Å². The Morgan fingerprint density at radius 1 is 1.07 bits per heavy atom. The zero-order valence-electron chi connectivity index (χ0n) is 43.8. The number of fused-ring (bicyclic) bond motifs is 1. The number of aldehydes is 1. The van der Waals surface area contributed by atoms with Crippen LogP contribution in [0.4, 0.5) is 10.6 Å². The van der Waals surface area contributed by atoms with Gasteiger partial charge in [0.05, 0.1) is 30.6 Å². The first-order chi connectivity index (χ1) is 35.4. The molecule has 1 saturated heterocycles. The number of ether oxygens (including phenoxy) is 2. The van der Waals surface area contributed by atoms with Crippen molar-refractivity contribution in [2.75, 3.05) is 83.8 Å². The number of hydrogen-bond acceptors (Lipinski definition) is 14. The Hall–Kier alpha value is -5.31. The molecule has 1 aromatic heterocycles. The number of rotatable bonds is 24. The fourth-order valence-corrected chi connectivity index (χ4v) is 14.4. The van der Waals surface area contributed by atoms with Gasteiger partial charge in [-0.25, -0.2) is 18.8 Å². The molecule has 5 atom stereocenters. The SMILES string of the molecule is CNCCCC(NC)C(=O)NC1=CCC(COC(=O)N2CC(N(CCOC34CC5(C)CC(C)(CC(CN=C(C)C(=CN)c6ccc(N7CCc8cccc(C=O)c8C7)nc6C(=O)O)(C5)C3)C4)CCS(=O)O)C2)C=C1. The number of hydrogen-bond donors (Lipinski definition) is 6. The van der Waals surface area contributed by atoms with Gasteiger partial charge in [-0.2, -0.15) is 0 Å². The van der Waals surface area contributed by atoms with Gasteiger partial charge in [-0.1, -0.05) is 44.2 Å². The molecular formula is C55H77N9O9S. The van der Waals surface area contributed by atoms with E-state index in [4.69, 9.17) is 20.2 Å². The summed E-state index contributed by atoms with van der Waals surface area (Å²) >= 11 is -1.98. The van der Waals surface area contributed by atoms with Crippen LogP contribution in [0.1, 0.15) is 116 Å². The molecule has 5 fully saturated rings. The number of aromatic nitrogens is 1. The number of carbonyl (C=O) groups excluding carboxylic acids is 3. The molecule has 402 valence electrons. The third kappa shape index (κ3) is 12.7. The van der Waals surface area contributed by atoms with E-state index in [-0.39, 0.29) is 63.8 Å². The van der Waals surface area contributed by atoms with Crippen LogP contribution >= 0.6 is 0 Å². The Balaban J connectivity index is 0.860. The number of anilines is 1. The Bertz CT molecular complexity index is 2560. The van der Waals surface area contributed by atoms with Crippen molar-refractivity contribution in [3.8, 4) is 0 Å². The Morgan fingerprint density at radius 3 is 2.50 bits per heavy atom. The standard InChI is InChI=1S/C55H77N9O9S/c1-37(44(24-56)43-15-16-47(61-48(43)50(67)68)63-19-17-39-8-6-9-40(28-65)45(39)27-63)59-36-54-31-52(2)30-53(3,32-54)34-55(33-52,35-54)73-22-20-62(21-23-74(70)71)42-25-64(26-42)51(69)72-29-38-11-13-41(14-12-38)60-49(66)46(58-5)10-7-18-57-4/h6,8-9,11,13-16,24,28,38,42,46,57-58H,7,10,12,17-23,25-27,29-36,56H2,1-5H3,(H,60,66)(H,67,68)(H,70,71). The van der Waals surface area contributed by atoms with E-state index in [1.54, 1.807) is 24.1 Å². The smallest absolute Gasteiger partial charge is 0.409 e. The van der Waals surface area contributed by atoms with Crippen molar-refractivity contribution < 1.29 is 42.5 Å². The highest BCUT2D eigenvalue weighted by atomic mass is 32.2. The zero-order valence-corrected chi connectivity index (χ0v) is 44.6. The number of benzene rings is 1. The maximum Gasteiger partial charge on any atom is 0.409 e. The van der Waals surface area contributed by atoms with E-state index in [0.717, 1.165) is 81.0 Å². The average Bonchev–Trinajstić information content (AvgIpc) is 3.34. The van der Waals surface area contributed by atoms with Gasteiger partial charge in [0.2, 0.25) is 5.91 Å². The minimum Gasteiger partial charge on any atom is -0.476 e. The van der Waals surface area contributed by atoms with Crippen LogP contribution in [0.5, 0.6) is 0 Å². The topological polar surface area (TPSA) is 241 Å². The highest BCUT2D eigenvalue weighted by Gasteiger charge is 2.66. The molecule has 18 nitrogen and oxygen atoms in total. The number of amides is 2. The number of pyridine rings is 1. The van der Waals surface area contributed by atoms with E-state index in [2.05, 4.69) is 39.7 Å². The van der Waals surface area contributed by atoms with Gasteiger partial charge in [0.15, 0.2) is 16.8 Å². The molecule has 0 radical (unpaired) electrons. The number of carbonyl (C=O) groups is 4. The maximum atomic E-state index is 13.2. The van der Waals surface area contributed by atoms with Crippen molar-refractivity contribution in [1.29, 1.82) is 0 Å². The van der Waals surface area contributed by atoms with E-state index in [0.29, 0.717) is 93.5 Å². The van der Waals surface area contributed by atoms with Crippen molar-refractivity contribution in [3.63, 3.8) is 0 Å². The van der Waals surface area contributed by atoms with E-state index in [1.165, 1.54) is 6.20 Å². The molecule has 7 N–H and O–H groups in total. The summed E-state index contributed by atoms with van der Waals surface area (Å²) in [5.74, 6) is -0.656. The van der Waals surface area contributed by atoms with Gasteiger partial charge in [0.1, 0.15) is 12.1 Å². The van der Waals surface area contributed by atoms with Crippen molar-refractivity contribution in [2.45, 2.75) is 109 Å². The summed E-state index contributed by atoms with van der Waals surface area (Å²) in [7, 11) is 3.68. The predicted molar refractivity (Wildman–Crippen MR) is 286 cm³/mol. The normalized spacial score (nSPS) is 27.3. The molecule has 2 aliphatic heterocycles. The highest BCUT2D eigenvalue weighted by Crippen LogP contribution is 2.71. The third-order valence-electron chi connectivity index (χ3n) is 16.4. The molecule has 74 heavy (non-hydrogen) atoms. The van der Waals surface area contributed by atoms with E-state index in [1.807, 2.05) is 55.3 Å². The highest BCUT2D eigenvalue weighted by molar-refractivity contribution is 7.79. The van der Waals surface area contributed by atoms with Gasteiger partial charge in [-0.15, -0.1) is 0 Å². The van der Waals surface area contributed by atoms with E-state index in [9.17, 15) is 33.0 Å². The summed E-state index contributed by atoms with van der Waals surface area (Å²) in [6, 6.07) is 8.99. The van der Waals surface area contributed by atoms with Crippen molar-refractivity contribution in [2.24, 2.45) is 32.9 Å². The molecule has 19 heteroatoms. The third-order valence-corrected chi connectivity index (χ3v) is 17.0. The Kier molecular flexibility index (Phi) is 17.3. The first-order valence-electron chi connectivity index (χ1n) is 26.3. The van der Waals surface area contributed by atoms with Crippen LogP contribution in [-0.4, -0.2) is 155 Å². The lowest BCUT2D eigenvalue weighted by Crippen LogP contribution is -2.65. The van der Waals surface area contributed by atoms with Crippen molar-refractivity contribution in [1.82, 2.24) is 30.7 Å². The Labute approximate surface area is 438 Å². The number of allylic oxidation sites excluding steroid dienone is 3.